The van der Waals surface area contributed by atoms with Crippen molar-refractivity contribution < 1.29 is 13.6 Å². The average Bonchev–Trinajstić information content (AvgIpc) is 2.45. The van der Waals surface area contributed by atoms with E-state index in [4.69, 9.17) is 5.73 Å². The number of amides is 1. The molecule has 1 saturated heterocycles. The van der Waals surface area contributed by atoms with Crippen LogP contribution in [-0.4, -0.2) is 37.0 Å². The van der Waals surface area contributed by atoms with Gasteiger partial charge in [-0.25, -0.2) is 8.78 Å². The molecular weight excluding hydrogens is 276 g/mol. The number of nitrogens with zero attached hydrogens (tertiary/aromatic N) is 1. The highest BCUT2D eigenvalue weighted by molar-refractivity contribution is 5.95. The number of likely N-dealkylation sites (tertiary alicyclic amines) is 1. The molecule has 1 amide bonds. The molecule has 0 aliphatic carbocycles. The van der Waals surface area contributed by atoms with Crippen molar-refractivity contribution in [2.24, 2.45) is 5.92 Å². The van der Waals surface area contributed by atoms with Gasteiger partial charge in [-0.1, -0.05) is 6.92 Å². The Morgan fingerprint density at radius 2 is 2.00 bits per heavy atom. The summed E-state index contributed by atoms with van der Waals surface area (Å²) in [6, 6.07) is 1.67. The van der Waals surface area contributed by atoms with E-state index < -0.39 is 17.5 Å². The number of carbonyl (C=O) groups excluding carboxylic acids is 1. The van der Waals surface area contributed by atoms with Gasteiger partial charge in [0.05, 0.1) is 11.3 Å². The molecule has 0 unspecified atom stereocenters. The highest BCUT2D eigenvalue weighted by Gasteiger charge is 2.17. The molecule has 1 fully saturated rings. The van der Waals surface area contributed by atoms with Crippen LogP contribution in [-0.2, 0) is 0 Å². The van der Waals surface area contributed by atoms with Gasteiger partial charge in [-0.2, -0.15) is 0 Å². The van der Waals surface area contributed by atoms with Crippen molar-refractivity contribution >= 4 is 11.6 Å². The van der Waals surface area contributed by atoms with Crippen LogP contribution in [0.4, 0.5) is 14.5 Å². The minimum atomic E-state index is -0.897. The predicted octanol–water partition coefficient (Wildman–Crippen LogP) is 2.01. The number of nitrogens with two attached hydrogens (primary N) is 1. The van der Waals surface area contributed by atoms with E-state index in [0.29, 0.717) is 12.6 Å². The van der Waals surface area contributed by atoms with Crippen molar-refractivity contribution in [2.45, 2.75) is 19.8 Å². The Balaban J connectivity index is 1.83. The lowest BCUT2D eigenvalue weighted by molar-refractivity contribution is 0.0940. The molecular formula is C15H21F2N3O. The van der Waals surface area contributed by atoms with Crippen molar-refractivity contribution in [3.05, 3.63) is 29.3 Å². The summed E-state index contributed by atoms with van der Waals surface area (Å²) in [7, 11) is 0. The Labute approximate surface area is 123 Å². The van der Waals surface area contributed by atoms with Gasteiger partial charge in [0.2, 0.25) is 0 Å². The summed E-state index contributed by atoms with van der Waals surface area (Å²) in [6.07, 6.45) is 2.33. The van der Waals surface area contributed by atoms with Crippen LogP contribution in [0.25, 0.3) is 0 Å². The van der Waals surface area contributed by atoms with E-state index in [1.807, 2.05) is 0 Å². The summed E-state index contributed by atoms with van der Waals surface area (Å²) < 4.78 is 26.6. The first kappa shape index (κ1) is 15.7. The molecule has 0 radical (unpaired) electrons. The summed E-state index contributed by atoms with van der Waals surface area (Å²) in [5.74, 6) is -1.56. The second kappa shape index (κ2) is 6.85. The van der Waals surface area contributed by atoms with Crippen molar-refractivity contribution in [3.8, 4) is 0 Å². The maximum Gasteiger partial charge on any atom is 0.254 e. The number of hydrogen-bond donors (Lipinski definition) is 2. The molecule has 0 atom stereocenters. The monoisotopic (exact) mass is 297 g/mol. The SMILES string of the molecule is CC1CCN(CCNC(=O)c2cc(N)c(F)cc2F)CC1. The number of anilines is 1. The fraction of sp³-hybridized carbons (Fsp3) is 0.533. The van der Waals surface area contributed by atoms with Gasteiger partial charge in [-0.05, 0) is 37.9 Å². The minimum absolute atomic E-state index is 0.221. The van der Waals surface area contributed by atoms with Gasteiger partial charge >= 0.3 is 0 Å². The minimum Gasteiger partial charge on any atom is -0.396 e. The van der Waals surface area contributed by atoms with E-state index in [2.05, 4.69) is 17.1 Å². The van der Waals surface area contributed by atoms with Crippen LogP contribution in [0, 0.1) is 17.6 Å². The second-order valence-corrected chi connectivity index (χ2v) is 5.63. The fourth-order valence-corrected chi connectivity index (χ4v) is 2.45. The maximum atomic E-state index is 13.5. The van der Waals surface area contributed by atoms with Crippen molar-refractivity contribution in [1.82, 2.24) is 10.2 Å². The molecule has 1 aromatic carbocycles. The smallest absolute Gasteiger partial charge is 0.254 e. The molecule has 21 heavy (non-hydrogen) atoms. The summed E-state index contributed by atoms with van der Waals surface area (Å²) in [6.45, 7) is 5.45. The highest BCUT2D eigenvalue weighted by atomic mass is 19.1. The number of carbonyl (C=O) groups is 1. The van der Waals surface area contributed by atoms with Crippen LogP contribution >= 0.6 is 0 Å². The number of nitrogen functional groups attached to an aromatic ring is 1. The van der Waals surface area contributed by atoms with Gasteiger partial charge in [0, 0.05) is 19.2 Å². The van der Waals surface area contributed by atoms with E-state index >= 15 is 0 Å². The Morgan fingerprint density at radius 3 is 2.67 bits per heavy atom. The number of halogens is 2. The number of piperidine rings is 1. The van der Waals surface area contributed by atoms with Gasteiger partial charge in [-0.3, -0.25) is 4.79 Å². The molecule has 1 aromatic rings. The summed E-state index contributed by atoms with van der Waals surface area (Å²) in [5, 5.41) is 2.65. The standard InChI is InChI=1S/C15H21F2N3O/c1-10-2-5-20(6-3-10)7-4-19-15(21)11-8-14(18)13(17)9-12(11)16/h8-10H,2-7,18H2,1H3,(H,19,21). The molecule has 1 heterocycles. The van der Waals surface area contributed by atoms with Crippen LogP contribution in [0.15, 0.2) is 12.1 Å². The Morgan fingerprint density at radius 1 is 1.33 bits per heavy atom. The van der Waals surface area contributed by atoms with Gasteiger partial charge in [0.15, 0.2) is 0 Å². The molecule has 0 bridgehead atoms. The lowest BCUT2D eigenvalue weighted by Crippen LogP contribution is -2.39. The van der Waals surface area contributed by atoms with Crippen LogP contribution < -0.4 is 11.1 Å². The summed E-state index contributed by atoms with van der Waals surface area (Å²) in [4.78, 5) is 14.1. The van der Waals surface area contributed by atoms with Crippen LogP contribution in [0.2, 0.25) is 0 Å². The Hall–Kier alpha value is -1.69. The van der Waals surface area contributed by atoms with E-state index in [1.165, 1.54) is 0 Å². The first-order valence-corrected chi connectivity index (χ1v) is 7.22. The van der Waals surface area contributed by atoms with Crippen molar-refractivity contribution in [3.63, 3.8) is 0 Å². The zero-order valence-electron chi connectivity index (χ0n) is 12.2. The van der Waals surface area contributed by atoms with Crippen molar-refractivity contribution in [2.75, 3.05) is 31.9 Å². The van der Waals surface area contributed by atoms with Crippen LogP contribution in [0.5, 0.6) is 0 Å². The lowest BCUT2D eigenvalue weighted by atomic mass is 9.99. The van der Waals surface area contributed by atoms with Crippen LogP contribution in [0.3, 0.4) is 0 Å². The number of nitrogens with one attached hydrogen (secondary N) is 1. The first-order valence-electron chi connectivity index (χ1n) is 7.22. The second-order valence-electron chi connectivity index (χ2n) is 5.63. The predicted molar refractivity (Wildman–Crippen MR) is 77.9 cm³/mol. The first-order chi connectivity index (χ1) is 9.97. The Kier molecular flexibility index (Phi) is 5.12. The normalized spacial score (nSPS) is 16.9. The van der Waals surface area contributed by atoms with Gasteiger partial charge in [0.25, 0.3) is 5.91 Å². The molecule has 1 aliphatic heterocycles. The number of hydrogen-bond acceptors (Lipinski definition) is 3. The van der Waals surface area contributed by atoms with Gasteiger partial charge in [-0.15, -0.1) is 0 Å². The highest BCUT2D eigenvalue weighted by Crippen LogP contribution is 2.17. The van der Waals surface area contributed by atoms with Crippen molar-refractivity contribution in [1.29, 1.82) is 0 Å². The zero-order valence-corrected chi connectivity index (χ0v) is 12.2. The molecule has 6 heteroatoms. The van der Waals surface area contributed by atoms with E-state index in [1.54, 1.807) is 0 Å². The molecule has 0 spiro atoms. The molecule has 4 nitrogen and oxygen atoms in total. The molecule has 1 aliphatic rings. The zero-order chi connectivity index (χ0) is 15.4. The van der Waals surface area contributed by atoms with E-state index in [9.17, 15) is 13.6 Å². The molecule has 3 N–H and O–H groups in total. The van der Waals surface area contributed by atoms with E-state index in [0.717, 1.165) is 44.5 Å². The third-order valence-electron chi connectivity index (χ3n) is 3.92. The molecule has 2 rings (SSSR count). The number of benzene rings is 1. The third kappa shape index (κ3) is 4.14. The average molecular weight is 297 g/mol. The summed E-state index contributed by atoms with van der Waals surface area (Å²) in [5.41, 5.74) is 4.90. The largest absolute Gasteiger partial charge is 0.396 e. The van der Waals surface area contributed by atoms with Crippen LogP contribution in [0.1, 0.15) is 30.1 Å². The molecule has 0 saturated carbocycles. The van der Waals surface area contributed by atoms with Gasteiger partial charge < -0.3 is 16.0 Å². The maximum absolute atomic E-state index is 13.5. The lowest BCUT2D eigenvalue weighted by Gasteiger charge is -2.30. The van der Waals surface area contributed by atoms with E-state index in [-0.39, 0.29) is 11.3 Å². The molecule has 116 valence electrons. The summed E-state index contributed by atoms with van der Waals surface area (Å²) >= 11 is 0. The van der Waals surface area contributed by atoms with Gasteiger partial charge in [0.1, 0.15) is 11.6 Å². The third-order valence-corrected chi connectivity index (χ3v) is 3.92. The number of rotatable bonds is 4. The molecule has 0 aromatic heterocycles. The fourth-order valence-electron chi connectivity index (χ4n) is 2.45. The topological polar surface area (TPSA) is 58.4 Å². The quantitative estimate of drug-likeness (QED) is 0.836. The Bertz CT molecular complexity index is 514.